The van der Waals surface area contributed by atoms with Crippen LogP contribution in [0.15, 0.2) is 59.5 Å². The highest BCUT2D eigenvalue weighted by molar-refractivity contribution is 5.90. The first-order valence-corrected chi connectivity index (χ1v) is 7.93. The van der Waals surface area contributed by atoms with E-state index < -0.39 is 29.8 Å². The molecule has 0 saturated carbocycles. The maximum atomic E-state index is 12.8. The van der Waals surface area contributed by atoms with Gasteiger partial charge in [0.05, 0.1) is 16.9 Å². The molecule has 6 nitrogen and oxygen atoms in total. The normalized spacial score (nSPS) is 11.4. The molecule has 9 heteroatoms. The molecule has 0 saturated heterocycles. The fourth-order valence-electron chi connectivity index (χ4n) is 2.51. The van der Waals surface area contributed by atoms with Gasteiger partial charge in [0.1, 0.15) is 12.4 Å². The SMILES string of the molecule is Cc1cc(NC(=O)Cn2cc(C(F)(F)F)ccc2=O)n(-c2ccccc2)n1. The number of amides is 1. The van der Waals surface area contributed by atoms with Crippen molar-refractivity contribution in [3.63, 3.8) is 0 Å². The van der Waals surface area contributed by atoms with Crippen LogP contribution < -0.4 is 10.9 Å². The molecule has 2 aromatic heterocycles. The Morgan fingerprint density at radius 3 is 2.52 bits per heavy atom. The summed E-state index contributed by atoms with van der Waals surface area (Å²) >= 11 is 0. The summed E-state index contributed by atoms with van der Waals surface area (Å²) in [6, 6.07) is 12.1. The molecular weight excluding hydrogens is 361 g/mol. The zero-order chi connectivity index (χ0) is 19.6. The van der Waals surface area contributed by atoms with E-state index >= 15 is 0 Å². The number of carbonyl (C=O) groups excluding carboxylic acids is 1. The molecule has 0 aliphatic heterocycles. The minimum atomic E-state index is -4.60. The average Bonchev–Trinajstić information content (AvgIpc) is 2.97. The summed E-state index contributed by atoms with van der Waals surface area (Å²) in [5.74, 6) is -0.294. The predicted molar refractivity (Wildman–Crippen MR) is 92.6 cm³/mol. The third-order valence-corrected chi connectivity index (χ3v) is 3.72. The third kappa shape index (κ3) is 4.25. The molecule has 3 rings (SSSR count). The third-order valence-electron chi connectivity index (χ3n) is 3.72. The number of carbonyl (C=O) groups is 1. The molecule has 140 valence electrons. The largest absolute Gasteiger partial charge is 0.417 e. The Labute approximate surface area is 151 Å². The second kappa shape index (κ2) is 7.10. The lowest BCUT2D eigenvalue weighted by atomic mass is 10.2. The van der Waals surface area contributed by atoms with E-state index in [0.717, 1.165) is 6.07 Å². The molecule has 1 amide bonds. The summed E-state index contributed by atoms with van der Waals surface area (Å²) in [7, 11) is 0. The Hall–Kier alpha value is -3.36. The summed E-state index contributed by atoms with van der Waals surface area (Å²) in [4.78, 5) is 24.1. The number of hydrogen-bond donors (Lipinski definition) is 1. The Bertz CT molecular complexity index is 1020. The van der Waals surface area contributed by atoms with Gasteiger partial charge in [-0.2, -0.15) is 18.3 Å². The fourth-order valence-corrected chi connectivity index (χ4v) is 2.51. The molecular formula is C18H15F3N4O2. The van der Waals surface area contributed by atoms with E-state index in [0.29, 0.717) is 34.0 Å². The highest BCUT2D eigenvalue weighted by Gasteiger charge is 2.31. The van der Waals surface area contributed by atoms with Crippen molar-refractivity contribution < 1.29 is 18.0 Å². The second-order valence-corrected chi connectivity index (χ2v) is 5.85. The first kappa shape index (κ1) is 18.4. The van der Waals surface area contributed by atoms with Crippen LogP contribution in [0, 0.1) is 6.92 Å². The molecule has 0 bridgehead atoms. The van der Waals surface area contributed by atoms with Gasteiger partial charge in [0, 0.05) is 18.3 Å². The van der Waals surface area contributed by atoms with E-state index in [-0.39, 0.29) is 0 Å². The van der Waals surface area contributed by atoms with Gasteiger partial charge in [0.25, 0.3) is 5.56 Å². The molecule has 0 atom stereocenters. The summed E-state index contributed by atoms with van der Waals surface area (Å²) in [6.07, 6.45) is -3.98. The van der Waals surface area contributed by atoms with Crippen LogP contribution in [0.4, 0.5) is 19.0 Å². The number of hydrogen-bond acceptors (Lipinski definition) is 3. The fraction of sp³-hybridized carbons (Fsp3) is 0.167. The standard InChI is InChI=1S/C18H15F3N4O2/c1-12-9-15(25(23-12)14-5-3-2-4-6-14)22-16(26)11-24-10-13(18(19,20)21)7-8-17(24)27/h2-10H,11H2,1H3,(H,22,26). The summed E-state index contributed by atoms with van der Waals surface area (Å²) in [5.41, 5.74) is -0.353. The highest BCUT2D eigenvalue weighted by Crippen LogP contribution is 2.28. The number of para-hydroxylation sites is 1. The molecule has 0 aliphatic rings. The van der Waals surface area contributed by atoms with Gasteiger partial charge in [0.15, 0.2) is 0 Å². The van der Waals surface area contributed by atoms with Crippen molar-refractivity contribution in [2.45, 2.75) is 19.6 Å². The number of nitrogens with one attached hydrogen (secondary N) is 1. The van der Waals surface area contributed by atoms with Crippen molar-refractivity contribution in [1.82, 2.24) is 14.3 Å². The Balaban J connectivity index is 1.83. The average molecular weight is 376 g/mol. The van der Waals surface area contributed by atoms with Gasteiger partial charge in [0.2, 0.25) is 5.91 Å². The van der Waals surface area contributed by atoms with Crippen LogP contribution in [0.1, 0.15) is 11.3 Å². The number of anilines is 1. The summed E-state index contributed by atoms with van der Waals surface area (Å²) < 4.78 is 40.6. The summed E-state index contributed by atoms with van der Waals surface area (Å²) in [5, 5.41) is 6.87. The van der Waals surface area contributed by atoms with Crippen LogP contribution >= 0.6 is 0 Å². The van der Waals surface area contributed by atoms with Crippen LogP contribution in [0.3, 0.4) is 0 Å². The number of aryl methyl sites for hydroxylation is 1. The predicted octanol–water partition coefficient (Wildman–Crippen LogP) is 3.00. The maximum absolute atomic E-state index is 12.8. The monoisotopic (exact) mass is 376 g/mol. The molecule has 0 unspecified atom stereocenters. The van der Waals surface area contributed by atoms with Crippen LogP contribution in [-0.2, 0) is 17.5 Å². The zero-order valence-corrected chi connectivity index (χ0v) is 14.2. The molecule has 1 N–H and O–H groups in total. The second-order valence-electron chi connectivity index (χ2n) is 5.85. The molecule has 27 heavy (non-hydrogen) atoms. The minimum absolute atomic E-state index is 0.351. The number of nitrogens with zero attached hydrogens (tertiary/aromatic N) is 3. The van der Waals surface area contributed by atoms with Crippen molar-refractivity contribution in [3.05, 3.63) is 76.3 Å². The van der Waals surface area contributed by atoms with E-state index in [1.807, 2.05) is 6.07 Å². The molecule has 0 radical (unpaired) electrons. The number of benzene rings is 1. The molecule has 2 heterocycles. The van der Waals surface area contributed by atoms with E-state index in [2.05, 4.69) is 10.4 Å². The topological polar surface area (TPSA) is 68.9 Å². The molecule has 0 fully saturated rings. The van der Waals surface area contributed by atoms with Crippen molar-refractivity contribution >= 4 is 11.7 Å². The molecule has 0 aliphatic carbocycles. The molecule has 0 spiro atoms. The number of pyridine rings is 1. The number of alkyl halides is 3. The van der Waals surface area contributed by atoms with Gasteiger partial charge < -0.3 is 9.88 Å². The molecule has 1 aromatic carbocycles. The summed E-state index contributed by atoms with van der Waals surface area (Å²) in [6.45, 7) is 1.19. The Morgan fingerprint density at radius 1 is 1.15 bits per heavy atom. The van der Waals surface area contributed by atoms with Gasteiger partial charge in [-0.05, 0) is 25.1 Å². The highest BCUT2D eigenvalue weighted by atomic mass is 19.4. The molecule has 3 aromatic rings. The van der Waals surface area contributed by atoms with Crippen LogP contribution in [0.25, 0.3) is 5.69 Å². The van der Waals surface area contributed by atoms with Gasteiger partial charge >= 0.3 is 6.18 Å². The van der Waals surface area contributed by atoms with Gasteiger partial charge in [-0.25, -0.2) is 4.68 Å². The number of halogens is 3. The van der Waals surface area contributed by atoms with Crippen molar-refractivity contribution in [3.8, 4) is 5.69 Å². The lowest BCUT2D eigenvalue weighted by Gasteiger charge is -2.12. The Morgan fingerprint density at radius 2 is 1.85 bits per heavy atom. The van der Waals surface area contributed by atoms with E-state index in [1.165, 1.54) is 4.68 Å². The van der Waals surface area contributed by atoms with E-state index in [9.17, 15) is 22.8 Å². The first-order chi connectivity index (χ1) is 12.7. The maximum Gasteiger partial charge on any atom is 0.417 e. The van der Waals surface area contributed by atoms with Gasteiger partial charge in [-0.1, -0.05) is 18.2 Å². The van der Waals surface area contributed by atoms with Gasteiger partial charge in [-0.3, -0.25) is 9.59 Å². The van der Waals surface area contributed by atoms with Crippen molar-refractivity contribution in [2.75, 3.05) is 5.32 Å². The van der Waals surface area contributed by atoms with E-state index in [4.69, 9.17) is 0 Å². The number of aromatic nitrogens is 3. The minimum Gasteiger partial charge on any atom is -0.309 e. The van der Waals surface area contributed by atoms with Crippen molar-refractivity contribution in [2.24, 2.45) is 0 Å². The van der Waals surface area contributed by atoms with Crippen LogP contribution in [-0.4, -0.2) is 20.3 Å². The lowest BCUT2D eigenvalue weighted by molar-refractivity contribution is -0.138. The zero-order valence-electron chi connectivity index (χ0n) is 14.2. The van der Waals surface area contributed by atoms with E-state index in [1.54, 1.807) is 37.3 Å². The van der Waals surface area contributed by atoms with Crippen LogP contribution in [0.5, 0.6) is 0 Å². The van der Waals surface area contributed by atoms with Crippen LogP contribution in [0.2, 0.25) is 0 Å². The number of rotatable bonds is 4. The first-order valence-electron chi connectivity index (χ1n) is 7.93. The van der Waals surface area contributed by atoms with Gasteiger partial charge in [-0.15, -0.1) is 0 Å². The smallest absolute Gasteiger partial charge is 0.309 e. The lowest BCUT2D eigenvalue weighted by Crippen LogP contribution is -2.28. The quantitative estimate of drug-likeness (QED) is 0.761. The Kier molecular flexibility index (Phi) is 4.85. The van der Waals surface area contributed by atoms with Crippen molar-refractivity contribution in [1.29, 1.82) is 0 Å².